The van der Waals surface area contributed by atoms with Gasteiger partial charge >= 0.3 is 0 Å². The van der Waals surface area contributed by atoms with Crippen LogP contribution in [0.4, 0.5) is 0 Å². The van der Waals surface area contributed by atoms with Gasteiger partial charge in [-0.25, -0.2) is 0 Å². The van der Waals surface area contributed by atoms with E-state index >= 15 is 0 Å². The van der Waals surface area contributed by atoms with Crippen molar-refractivity contribution in [1.82, 2.24) is 0 Å². The fourth-order valence-electron chi connectivity index (χ4n) is 0.268. The first-order valence-electron chi connectivity index (χ1n) is 1.64. The highest BCUT2D eigenvalue weighted by Crippen LogP contribution is 2.46. The third-order valence-corrected chi connectivity index (χ3v) is 1.99. The maximum absolute atomic E-state index is 4.86. The van der Waals surface area contributed by atoms with E-state index in [0.29, 0.717) is 0 Å². The minimum atomic E-state index is -0.771. The van der Waals surface area contributed by atoms with E-state index in [4.69, 9.17) is 9.05 Å². The molecule has 0 amide bonds. The van der Waals surface area contributed by atoms with Crippen molar-refractivity contribution < 1.29 is 9.05 Å². The van der Waals surface area contributed by atoms with Gasteiger partial charge in [-0.1, -0.05) is 12.2 Å². The Bertz CT molecular complexity index is 44.8. The minimum absolute atomic E-state index is 0.717. The molecule has 1 aliphatic heterocycles. The van der Waals surface area contributed by atoms with Crippen LogP contribution >= 0.6 is 19.8 Å². The molecule has 0 aromatic heterocycles. The zero-order valence-electron chi connectivity index (χ0n) is 3.13. The summed E-state index contributed by atoms with van der Waals surface area (Å²) >= 11 is 3.91. The van der Waals surface area contributed by atoms with E-state index in [-0.39, 0.29) is 0 Å². The molecular weight excluding hydrogens is 119 g/mol. The second-order valence-electron chi connectivity index (χ2n) is 0.904. The van der Waals surface area contributed by atoms with Crippen LogP contribution in [0, 0.1) is 0 Å². The molecule has 0 aliphatic carbocycles. The lowest BCUT2D eigenvalue weighted by Crippen LogP contribution is -1.79. The molecule has 1 rings (SSSR count). The molecular formula is C2H5O2PS. The fourth-order valence-corrected chi connectivity index (χ4v) is 1.29. The van der Waals surface area contributed by atoms with Crippen molar-refractivity contribution in [2.45, 2.75) is 0 Å². The first-order valence-corrected chi connectivity index (χ1v) is 3.97. The van der Waals surface area contributed by atoms with E-state index in [1.165, 1.54) is 0 Å². The standard InChI is InChI=1S/C2H5O2PS/c6-5-3-1-2-4-5/h6H,1-2H2. The van der Waals surface area contributed by atoms with Crippen molar-refractivity contribution in [3.8, 4) is 0 Å². The van der Waals surface area contributed by atoms with E-state index in [0.717, 1.165) is 13.2 Å². The van der Waals surface area contributed by atoms with E-state index < -0.39 is 7.58 Å². The molecule has 0 spiro atoms. The fraction of sp³-hybridized carbons (Fsp3) is 1.00. The second-order valence-corrected chi connectivity index (χ2v) is 2.88. The van der Waals surface area contributed by atoms with Crippen molar-refractivity contribution in [1.29, 1.82) is 0 Å². The lowest BCUT2D eigenvalue weighted by Gasteiger charge is -1.91. The number of hydrogen-bond acceptors (Lipinski definition) is 3. The van der Waals surface area contributed by atoms with Crippen LogP contribution in [0.2, 0.25) is 0 Å². The van der Waals surface area contributed by atoms with Crippen molar-refractivity contribution in [3.63, 3.8) is 0 Å². The molecule has 1 heterocycles. The van der Waals surface area contributed by atoms with Crippen LogP contribution in [0.5, 0.6) is 0 Å². The Morgan fingerprint density at radius 3 is 2.00 bits per heavy atom. The predicted octanol–water partition coefficient (Wildman–Crippen LogP) is 1.19. The van der Waals surface area contributed by atoms with Crippen LogP contribution in [0.15, 0.2) is 0 Å². The van der Waals surface area contributed by atoms with Gasteiger partial charge in [0.1, 0.15) is 0 Å². The zero-order valence-corrected chi connectivity index (χ0v) is 4.91. The third-order valence-electron chi connectivity index (χ3n) is 0.487. The SMILES string of the molecule is SP1OCCO1. The minimum Gasteiger partial charge on any atom is -0.324 e. The smallest absolute Gasteiger partial charge is 0.234 e. The number of hydrogen-bond donors (Lipinski definition) is 1. The first-order chi connectivity index (χ1) is 2.89. The highest BCUT2D eigenvalue weighted by Gasteiger charge is 2.09. The summed E-state index contributed by atoms with van der Waals surface area (Å²) < 4.78 is 9.72. The molecule has 0 bridgehead atoms. The quantitative estimate of drug-likeness (QED) is 0.386. The lowest BCUT2D eigenvalue weighted by molar-refractivity contribution is 0.365. The van der Waals surface area contributed by atoms with Gasteiger partial charge in [-0.05, 0) is 0 Å². The summed E-state index contributed by atoms with van der Waals surface area (Å²) in [5, 5.41) is 0. The van der Waals surface area contributed by atoms with Crippen LogP contribution < -0.4 is 0 Å². The molecule has 0 atom stereocenters. The predicted molar refractivity (Wildman–Crippen MR) is 27.8 cm³/mol. The van der Waals surface area contributed by atoms with E-state index in [2.05, 4.69) is 12.2 Å². The lowest BCUT2D eigenvalue weighted by atomic mass is 10.8. The summed E-state index contributed by atoms with van der Waals surface area (Å²) in [5.41, 5.74) is 0. The molecule has 0 saturated carbocycles. The summed E-state index contributed by atoms with van der Waals surface area (Å²) in [7, 11) is -0.771. The van der Waals surface area contributed by atoms with Crippen molar-refractivity contribution in [2.24, 2.45) is 0 Å². The number of thiol groups is 1. The molecule has 1 aliphatic rings. The van der Waals surface area contributed by atoms with Gasteiger partial charge in [0.05, 0.1) is 13.2 Å². The Morgan fingerprint density at radius 1 is 1.33 bits per heavy atom. The summed E-state index contributed by atoms with van der Waals surface area (Å²) in [6.07, 6.45) is 0. The largest absolute Gasteiger partial charge is 0.324 e. The topological polar surface area (TPSA) is 18.5 Å². The molecule has 0 unspecified atom stereocenters. The van der Waals surface area contributed by atoms with Gasteiger partial charge in [-0.2, -0.15) is 0 Å². The van der Waals surface area contributed by atoms with Gasteiger partial charge in [0.25, 0.3) is 0 Å². The van der Waals surface area contributed by atoms with Crippen molar-refractivity contribution in [2.75, 3.05) is 13.2 Å². The van der Waals surface area contributed by atoms with E-state index in [1.807, 2.05) is 0 Å². The van der Waals surface area contributed by atoms with Gasteiger partial charge in [0.2, 0.25) is 7.58 Å². The monoisotopic (exact) mass is 124 g/mol. The molecule has 0 radical (unpaired) electrons. The summed E-state index contributed by atoms with van der Waals surface area (Å²) in [6, 6.07) is 0. The molecule has 1 saturated heterocycles. The molecule has 0 N–H and O–H groups in total. The van der Waals surface area contributed by atoms with Gasteiger partial charge in [0, 0.05) is 0 Å². The Balaban J connectivity index is 2.18. The second kappa shape index (κ2) is 2.12. The highest BCUT2D eigenvalue weighted by molar-refractivity contribution is 8.42. The summed E-state index contributed by atoms with van der Waals surface area (Å²) in [4.78, 5) is 0. The Labute approximate surface area is 42.9 Å². The van der Waals surface area contributed by atoms with Crippen LogP contribution in [0.3, 0.4) is 0 Å². The zero-order chi connectivity index (χ0) is 4.41. The highest BCUT2D eigenvalue weighted by atomic mass is 32.7. The van der Waals surface area contributed by atoms with Crippen LogP contribution in [-0.2, 0) is 9.05 Å². The average molecular weight is 124 g/mol. The Hall–Kier alpha value is 0.700. The normalized spacial score (nSPS) is 25.5. The maximum Gasteiger partial charge on any atom is 0.234 e. The van der Waals surface area contributed by atoms with Crippen LogP contribution in [-0.4, -0.2) is 13.2 Å². The van der Waals surface area contributed by atoms with Crippen LogP contribution in [0.25, 0.3) is 0 Å². The third kappa shape index (κ3) is 1.09. The first kappa shape index (κ1) is 4.85. The molecule has 4 heteroatoms. The Morgan fingerprint density at radius 2 is 1.83 bits per heavy atom. The summed E-state index contributed by atoms with van der Waals surface area (Å²) in [6.45, 7) is 1.43. The molecule has 2 nitrogen and oxygen atoms in total. The van der Waals surface area contributed by atoms with Crippen LogP contribution in [0.1, 0.15) is 0 Å². The molecule has 36 valence electrons. The van der Waals surface area contributed by atoms with E-state index in [9.17, 15) is 0 Å². The maximum atomic E-state index is 4.86. The average Bonchev–Trinajstić information content (AvgIpc) is 1.86. The summed E-state index contributed by atoms with van der Waals surface area (Å²) in [5.74, 6) is 0. The number of rotatable bonds is 0. The molecule has 6 heavy (non-hydrogen) atoms. The van der Waals surface area contributed by atoms with Gasteiger partial charge < -0.3 is 9.05 Å². The van der Waals surface area contributed by atoms with Crippen molar-refractivity contribution >= 4 is 19.8 Å². The molecule has 0 aromatic carbocycles. The van der Waals surface area contributed by atoms with Crippen molar-refractivity contribution in [3.05, 3.63) is 0 Å². The van der Waals surface area contributed by atoms with E-state index in [1.54, 1.807) is 0 Å². The van der Waals surface area contributed by atoms with Gasteiger partial charge in [-0.3, -0.25) is 0 Å². The van der Waals surface area contributed by atoms with Gasteiger partial charge in [-0.15, -0.1) is 0 Å². The Kier molecular flexibility index (Phi) is 1.72. The van der Waals surface area contributed by atoms with Gasteiger partial charge in [0.15, 0.2) is 0 Å². The molecule has 1 fully saturated rings. The molecule has 0 aromatic rings.